The first-order valence-electron chi connectivity index (χ1n) is 6.02. The Morgan fingerprint density at radius 3 is 2.94 bits per heavy atom. The summed E-state index contributed by atoms with van der Waals surface area (Å²) in [6.45, 7) is 0.796. The maximum Gasteiger partial charge on any atom is 0.0733 e. The SMILES string of the molecule is NC[C@H]1C[C@H](n2cc(-c3ccccn3)cn2)C1. The van der Waals surface area contributed by atoms with E-state index in [0.717, 1.165) is 30.6 Å². The van der Waals surface area contributed by atoms with Gasteiger partial charge < -0.3 is 5.73 Å². The van der Waals surface area contributed by atoms with Crippen molar-refractivity contribution in [3.8, 4) is 11.3 Å². The van der Waals surface area contributed by atoms with E-state index in [1.807, 2.05) is 24.4 Å². The minimum absolute atomic E-state index is 0.529. The molecule has 4 nitrogen and oxygen atoms in total. The van der Waals surface area contributed by atoms with E-state index in [2.05, 4.69) is 21.0 Å². The van der Waals surface area contributed by atoms with Crippen LogP contribution in [-0.4, -0.2) is 21.3 Å². The third kappa shape index (κ3) is 1.96. The molecule has 2 heterocycles. The summed E-state index contributed by atoms with van der Waals surface area (Å²) in [7, 11) is 0. The lowest BCUT2D eigenvalue weighted by molar-refractivity contribution is 0.190. The second-order valence-electron chi connectivity index (χ2n) is 4.65. The zero-order chi connectivity index (χ0) is 11.7. The summed E-state index contributed by atoms with van der Waals surface area (Å²) < 4.78 is 2.05. The summed E-state index contributed by atoms with van der Waals surface area (Å²) in [5, 5.41) is 4.42. The van der Waals surface area contributed by atoms with Gasteiger partial charge in [0.05, 0.1) is 17.9 Å². The van der Waals surface area contributed by atoms with Crippen LogP contribution in [0.4, 0.5) is 0 Å². The molecule has 2 N–H and O–H groups in total. The van der Waals surface area contributed by atoms with E-state index in [-0.39, 0.29) is 0 Å². The Balaban J connectivity index is 1.76. The number of hydrogen-bond donors (Lipinski definition) is 1. The normalized spacial score (nSPS) is 23.4. The molecule has 1 fully saturated rings. The molecule has 0 spiro atoms. The Bertz CT molecular complexity index is 485. The first-order chi connectivity index (χ1) is 8.36. The van der Waals surface area contributed by atoms with Gasteiger partial charge >= 0.3 is 0 Å². The molecule has 1 aliphatic carbocycles. The van der Waals surface area contributed by atoms with E-state index in [9.17, 15) is 0 Å². The minimum atomic E-state index is 0.529. The smallest absolute Gasteiger partial charge is 0.0733 e. The number of nitrogens with zero attached hydrogens (tertiary/aromatic N) is 3. The summed E-state index contributed by atoms with van der Waals surface area (Å²) in [6, 6.07) is 6.45. The van der Waals surface area contributed by atoms with Crippen LogP contribution in [0.5, 0.6) is 0 Å². The van der Waals surface area contributed by atoms with Crippen LogP contribution < -0.4 is 5.73 Å². The van der Waals surface area contributed by atoms with Crippen molar-refractivity contribution in [1.29, 1.82) is 0 Å². The van der Waals surface area contributed by atoms with Gasteiger partial charge in [0.1, 0.15) is 0 Å². The highest BCUT2D eigenvalue weighted by atomic mass is 15.3. The molecule has 2 aromatic heterocycles. The van der Waals surface area contributed by atoms with E-state index in [0.29, 0.717) is 12.0 Å². The molecule has 1 saturated carbocycles. The molecule has 1 aliphatic rings. The van der Waals surface area contributed by atoms with Crippen molar-refractivity contribution in [2.45, 2.75) is 18.9 Å². The minimum Gasteiger partial charge on any atom is -0.330 e. The Hall–Kier alpha value is -1.68. The fourth-order valence-corrected chi connectivity index (χ4v) is 2.31. The van der Waals surface area contributed by atoms with E-state index in [1.165, 1.54) is 0 Å². The number of rotatable bonds is 3. The number of nitrogens with two attached hydrogens (primary N) is 1. The zero-order valence-electron chi connectivity index (χ0n) is 9.66. The molecule has 88 valence electrons. The summed E-state index contributed by atoms with van der Waals surface area (Å²) in [5.41, 5.74) is 7.70. The van der Waals surface area contributed by atoms with E-state index >= 15 is 0 Å². The summed E-state index contributed by atoms with van der Waals surface area (Å²) in [5.74, 6) is 0.683. The lowest BCUT2D eigenvalue weighted by atomic mass is 9.80. The molecular weight excluding hydrogens is 212 g/mol. The Morgan fingerprint density at radius 2 is 2.24 bits per heavy atom. The zero-order valence-corrected chi connectivity index (χ0v) is 9.66. The van der Waals surface area contributed by atoms with Gasteiger partial charge in [-0.1, -0.05) is 6.07 Å². The lowest BCUT2D eigenvalue weighted by Crippen LogP contribution is -2.32. The summed E-state index contributed by atoms with van der Waals surface area (Å²) in [6.07, 6.45) is 8.08. The van der Waals surface area contributed by atoms with E-state index in [1.54, 1.807) is 6.20 Å². The quantitative estimate of drug-likeness (QED) is 0.872. The average Bonchev–Trinajstić information content (AvgIpc) is 2.78. The molecule has 0 aliphatic heterocycles. The standard InChI is InChI=1S/C13H16N4/c14-7-10-5-12(6-10)17-9-11(8-16-17)13-3-1-2-4-15-13/h1-4,8-10,12H,5-7,14H2/t10-,12-. The van der Waals surface area contributed by atoms with Crippen molar-refractivity contribution < 1.29 is 0 Å². The van der Waals surface area contributed by atoms with Gasteiger partial charge in [0.25, 0.3) is 0 Å². The molecule has 0 unspecified atom stereocenters. The fraction of sp³-hybridized carbons (Fsp3) is 0.385. The predicted molar refractivity (Wildman–Crippen MR) is 66.3 cm³/mol. The van der Waals surface area contributed by atoms with Crippen LogP contribution in [0.15, 0.2) is 36.8 Å². The predicted octanol–water partition coefficient (Wildman–Crippen LogP) is 1.85. The molecule has 0 amide bonds. The first kappa shape index (κ1) is 10.5. The van der Waals surface area contributed by atoms with Gasteiger partial charge in [-0.25, -0.2) is 0 Å². The van der Waals surface area contributed by atoms with Crippen molar-refractivity contribution in [2.24, 2.45) is 11.7 Å². The summed E-state index contributed by atoms with van der Waals surface area (Å²) >= 11 is 0. The van der Waals surface area contributed by atoms with Crippen LogP contribution >= 0.6 is 0 Å². The van der Waals surface area contributed by atoms with Gasteiger partial charge in [0.2, 0.25) is 0 Å². The van der Waals surface area contributed by atoms with Crippen LogP contribution in [-0.2, 0) is 0 Å². The van der Waals surface area contributed by atoms with Crippen LogP contribution in [0.3, 0.4) is 0 Å². The molecule has 0 bridgehead atoms. The van der Waals surface area contributed by atoms with Crippen molar-refractivity contribution in [1.82, 2.24) is 14.8 Å². The summed E-state index contributed by atoms with van der Waals surface area (Å²) in [4.78, 5) is 4.32. The van der Waals surface area contributed by atoms with Gasteiger partial charge in [-0.2, -0.15) is 5.10 Å². The molecule has 3 rings (SSSR count). The fourth-order valence-electron chi connectivity index (χ4n) is 2.31. The highest BCUT2D eigenvalue weighted by Crippen LogP contribution is 2.37. The molecule has 17 heavy (non-hydrogen) atoms. The topological polar surface area (TPSA) is 56.7 Å². The Morgan fingerprint density at radius 1 is 1.35 bits per heavy atom. The largest absolute Gasteiger partial charge is 0.330 e. The molecule has 0 aromatic carbocycles. The molecule has 0 atom stereocenters. The molecule has 0 radical (unpaired) electrons. The second-order valence-corrected chi connectivity index (χ2v) is 4.65. The lowest BCUT2D eigenvalue weighted by Gasteiger charge is -2.34. The average molecular weight is 228 g/mol. The first-order valence-corrected chi connectivity index (χ1v) is 6.02. The second kappa shape index (κ2) is 4.30. The maximum atomic E-state index is 5.63. The molecule has 2 aromatic rings. The maximum absolute atomic E-state index is 5.63. The van der Waals surface area contributed by atoms with E-state index < -0.39 is 0 Å². The van der Waals surface area contributed by atoms with Gasteiger partial charge in [-0.3, -0.25) is 9.67 Å². The Labute approximate surface area is 100 Å². The van der Waals surface area contributed by atoms with Gasteiger partial charge in [-0.05, 0) is 37.4 Å². The van der Waals surface area contributed by atoms with Crippen molar-refractivity contribution in [2.75, 3.05) is 6.54 Å². The monoisotopic (exact) mass is 228 g/mol. The van der Waals surface area contributed by atoms with Crippen molar-refractivity contribution in [3.63, 3.8) is 0 Å². The number of pyridine rings is 1. The highest BCUT2D eigenvalue weighted by molar-refractivity contribution is 5.56. The van der Waals surface area contributed by atoms with Gasteiger partial charge in [0, 0.05) is 18.0 Å². The number of hydrogen-bond acceptors (Lipinski definition) is 3. The third-order valence-electron chi connectivity index (χ3n) is 3.48. The molecule has 4 heteroatoms. The molecular formula is C13H16N4. The molecule has 0 saturated heterocycles. The number of aromatic nitrogens is 3. The van der Waals surface area contributed by atoms with E-state index in [4.69, 9.17) is 5.73 Å². The van der Waals surface area contributed by atoms with Crippen LogP contribution in [0, 0.1) is 5.92 Å². The van der Waals surface area contributed by atoms with Gasteiger partial charge in [0.15, 0.2) is 0 Å². The van der Waals surface area contributed by atoms with Crippen molar-refractivity contribution in [3.05, 3.63) is 36.8 Å². The van der Waals surface area contributed by atoms with Crippen LogP contribution in [0.2, 0.25) is 0 Å². The van der Waals surface area contributed by atoms with Crippen LogP contribution in [0.25, 0.3) is 11.3 Å². The highest BCUT2D eigenvalue weighted by Gasteiger charge is 2.29. The Kier molecular flexibility index (Phi) is 2.65. The van der Waals surface area contributed by atoms with Crippen molar-refractivity contribution >= 4 is 0 Å². The van der Waals surface area contributed by atoms with Crippen LogP contribution in [0.1, 0.15) is 18.9 Å². The third-order valence-corrected chi connectivity index (χ3v) is 3.48. The van der Waals surface area contributed by atoms with Gasteiger partial charge in [-0.15, -0.1) is 0 Å².